The minimum Gasteiger partial charge on any atom is -0.481 e. The highest BCUT2D eigenvalue weighted by Crippen LogP contribution is 2.17. The summed E-state index contributed by atoms with van der Waals surface area (Å²) in [6, 6.07) is 2.91. The second-order valence-electron chi connectivity index (χ2n) is 5.09. The third-order valence-corrected chi connectivity index (χ3v) is 3.11. The lowest BCUT2D eigenvalue weighted by Gasteiger charge is -2.14. The molecule has 9 heteroatoms. The molecule has 0 spiro atoms. The molecule has 0 saturated carbocycles. The monoisotopic (exact) mass is 341 g/mol. The molecule has 23 heavy (non-hydrogen) atoms. The van der Waals surface area contributed by atoms with Crippen LogP contribution in [0.2, 0.25) is 0 Å². The van der Waals surface area contributed by atoms with E-state index in [-0.39, 0.29) is 30.8 Å². The van der Waals surface area contributed by atoms with Gasteiger partial charge in [-0.25, -0.2) is 4.98 Å². The number of hydrogen-bond acceptors (Lipinski definition) is 7. The molecule has 0 aliphatic heterocycles. The van der Waals surface area contributed by atoms with Crippen LogP contribution in [-0.2, 0) is 11.3 Å². The van der Waals surface area contributed by atoms with Gasteiger partial charge in [0.25, 0.3) is 0 Å². The van der Waals surface area contributed by atoms with Crippen LogP contribution in [0.4, 0.5) is 0 Å². The maximum atomic E-state index is 11.8. The van der Waals surface area contributed by atoms with Crippen LogP contribution < -0.4 is 15.8 Å². The third kappa shape index (κ3) is 4.90. The smallest absolute Gasteiger partial charge is 0.246 e. The Labute approximate surface area is 140 Å². The van der Waals surface area contributed by atoms with Gasteiger partial charge >= 0.3 is 0 Å². The molecule has 0 bridgehead atoms. The molecule has 0 aromatic carbocycles. The first-order valence-electron chi connectivity index (χ1n) is 6.87. The van der Waals surface area contributed by atoms with E-state index in [1.807, 2.05) is 13.8 Å². The first-order valence-corrected chi connectivity index (χ1v) is 6.87. The molecule has 0 aliphatic rings. The van der Waals surface area contributed by atoms with Gasteiger partial charge in [0.05, 0.1) is 19.7 Å². The fourth-order valence-corrected chi connectivity index (χ4v) is 1.66. The number of methoxy groups -OCH3 is 1. The van der Waals surface area contributed by atoms with E-state index >= 15 is 0 Å². The van der Waals surface area contributed by atoms with E-state index in [4.69, 9.17) is 15.0 Å². The molecule has 2 aromatic heterocycles. The zero-order valence-corrected chi connectivity index (χ0v) is 14.0. The summed E-state index contributed by atoms with van der Waals surface area (Å²) >= 11 is 0. The van der Waals surface area contributed by atoms with Crippen molar-refractivity contribution in [2.75, 3.05) is 7.11 Å². The average Bonchev–Trinajstić information content (AvgIpc) is 3.00. The second-order valence-corrected chi connectivity index (χ2v) is 5.09. The van der Waals surface area contributed by atoms with Crippen molar-refractivity contribution in [1.29, 1.82) is 0 Å². The predicted molar refractivity (Wildman–Crippen MR) is 86.0 cm³/mol. The molecule has 0 aliphatic carbocycles. The van der Waals surface area contributed by atoms with E-state index in [1.54, 1.807) is 25.4 Å². The highest BCUT2D eigenvalue weighted by molar-refractivity contribution is 5.85. The Morgan fingerprint density at radius 3 is 2.74 bits per heavy atom. The summed E-state index contributed by atoms with van der Waals surface area (Å²) in [5.74, 6) is 1.01. The Hall–Kier alpha value is -2.19. The van der Waals surface area contributed by atoms with E-state index < -0.39 is 6.04 Å². The predicted octanol–water partition coefficient (Wildman–Crippen LogP) is 1.16. The Balaban J connectivity index is 0.00000264. The van der Waals surface area contributed by atoms with Crippen LogP contribution in [0, 0.1) is 5.92 Å². The average molecular weight is 342 g/mol. The van der Waals surface area contributed by atoms with Crippen LogP contribution in [0.5, 0.6) is 5.88 Å². The number of hydrogen-bond donors (Lipinski definition) is 2. The summed E-state index contributed by atoms with van der Waals surface area (Å²) in [4.78, 5) is 20.0. The van der Waals surface area contributed by atoms with Gasteiger partial charge in [0.15, 0.2) is 0 Å². The first-order chi connectivity index (χ1) is 10.5. The van der Waals surface area contributed by atoms with Crippen LogP contribution in [0.15, 0.2) is 22.9 Å². The molecule has 2 heterocycles. The van der Waals surface area contributed by atoms with Crippen molar-refractivity contribution >= 4 is 18.3 Å². The van der Waals surface area contributed by atoms with E-state index in [0.29, 0.717) is 23.2 Å². The van der Waals surface area contributed by atoms with Crippen molar-refractivity contribution in [3.63, 3.8) is 0 Å². The van der Waals surface area contributed by atoms with Gasteiger partial charge in [-0.1, -0.05) is 19.0 Å². The van der Waals surface area contributed by atoms with Crippen LogP contribution in [0.1, 0.15) is 19.7 Å². The first kappa shape index (κ1) is 18.9. The summed E-state index contributed by atoms with van der Waals surface area (Å²) in [5.41, 5.74) is 6.44. The van der Waals surface area contributed by atoms with Gasteiger partial charge in [-0.05, 0) is 12.0 Å². The van der Waals surface area contributed by atoms with Crippen molar-refractivity contribution in [2.45, 2.75) is 26.4 Å². The highest BCUT2D eigenvalue weighted by Gasteiger charge is 2.18. The van der Waals surface area contributed by atoms with E-state index in [0.717, 1.165) is 0 Å². The number of nitrogens with one attached hydrogen (secondary N) is 1. The Bertz CT molecular complexity index is 630. The number of nitrogens with two attached hydrogens (primary N) is 1. The molecule has 2 rings (SSSR count). The largest absolute Gasteiger partial charge is 0.481 e. The van der Waals surface area contributed by atoms with Gasteiger partial charge in [-0.15, -0.1) is 12.4 Å². The second kappa shape index (κ2) is 8.44. The standard InChI is InChI=1S/C14H19N5O3.ClH/c1-8(2)12(15)14(20)17-7-11-18-13(19-22-11)9-4-5-10(21-3)16-6-9;/h4-6,8,12H,7,15H2,1-3H3,(H,17,20);1H/t12-;/m0./s1. The number of ether oxygens (including phenoxy) is 1. The summed E-state index contributed by atoms with van der Waals surface area (Å²) in [7, 11) is 1.54. The molecule has 1 amide bonds. The van der Waals surface area contributed by atoms with Crippen molar-refractivity contribution in [3.8, 4) is 17.3 Å². The van der Waals surface area contributed by atoms with E-state index in [2.05, 4.69) is 20.4 Å². The molecule has 0 fully saturated rings. The van der Waals surface area contributed by atoms with Gasteiger partial charge in [-0.2, -0.15) is 4.98 Å². The topological polar surface area (TPSA) is 116 Å². The van der Waals surface area contributed by atoms with Gasteiger partial charge in [0.1, 0.15) is 0 Å². The molecule has 0 unspecified atom stereocenters. The third-order valence-electron chi connectivity index (χ3n) is 3.11. The molecule has 0 saturated heterocycles. The Morgan fingerprint density at radius 1 is 1.43 bits per heavy atom. The molecule has 3 N–H and O–H groups in total. The maximum Gasteiger partial charge on any atom is 0.246 e. The minimum absolute atomic E-state index is 0. The van der Waals surface area contributed by atoms with Crippen molar-refractivity contribution in [1.82, 2.24) is 20.4 Å². The summed E-state index contributed by atoms with van der Waals surface area (Å²) in [6.45, 7) is 3.90. The summed E-state index contributed by atoms with van der Waals surface area (Å²) < 4.78 is 10.1. The van der Waals surface area contributed by atoms with Gasteiger partial charge in [-0.3, -0.25) is 4.79 Å². The number of amides is 1. The van der Waals surface area contributed by atoms with Crippen molar-refractivity contribution < 1.29 is 14.1 Å². The lowest BCUT2D eigenvalue weighted by Crippen LogP contribution is -2.43. The zero-order valence-electron chi connectivity index (χ0n) is 13.1. The fraction of sp³-hybridized carbons (Fsp3) is 0.429. The number of aromatic nitrogens is 3. The molecule has 0 radical (unpaired) electrons. The molecule has 126 valence electrons. The van der Waals surface area contributed by atoms with Gasteiger partial charge in [0, 0.05) is 17.8 Å². The maximum absolute atomic E-state index is 11.8. The van der Waals surface area contributed by atoms with Gasteiger partial charge in [0.2, 0.25) is 23.5 Å². The fourth-order valence-electron chi connectivity index (χ4n) is 1.66. The zero-order chi connectivity index (χ0) is 16.1. The normalized spacial score (nSPS) is 11.7. The van der Waals surface area contributed by atoms with Crippen LogP contribution >= 0.6 is 12.4 Å². The molecular formula is C14H20ClN5O3. The van der Waals surface area contributed by atoms with E-state index in [1.165, 1.54) is 0 Å². The lowest BCUT2D eigenvalue weighted by atomic mass is 10.1. The number of pyridine rings is 1. The van der Waals surface area contributed by atoms with Crippen LogP contribution in [-0.4, -0.2) is 34.2 Å². The van der Waals surface area contributed by atoms with Crippen molar-refractivity contribution in [3.05, 3.63) is 24.2 Å². The SMILES string of the molecule is COc1ccc(-c2noc(CNC(=O)[C@@H](N)C(C)C)n2)cn1.Cl. The Kier molecular flexibility index (Phi) is 6.92. The highest BCUT2D eigenvalue weighted by atomic mass is 35.5. The van der Waals surface area contributed by atoms with Crippen LogP contribution in [0.25, 0.3) is 11.4 Å². The Morgan fingerprint density at radius 2 is 2.17 bits per heavy atom. The summed E-state index contributed by atoms with van der Waals surface area (Å²) in [6.07, 6.45) is 1.58. The van der Waals surface area contributed by atoms with Gasteiger partial charge < -0.3 is 20.3 Å². The number of rotatable bonds is 6. The molecule has 8 nitrogen and oxygen atoms in total. The lowest BCUT2D eigenvalue weighted by molar-refractivity contribution is -0.123. The van der Waals surface area contributed by atoms with Crippen LogP contribution in [0.3, 0.4) is 0 Å². The minimum atomic E-state index is -0.562. The molecule has 2 aromatic rings. The van der Waals surface area contributed by atoms with Crippen molar-refractivity contribution in [2.24, 2.45) is 11.7 Å². The summed E-state index contributed by atoms with van der Waals surface area (Å²) in [5, 5.41) is 6.52. The number of carbonyl (C=O) groups is 1. The molecule has 1 atom stereocenters. The van der Waals surface area contributed by atoms with E-state index in [9.17, 15) is 4.79 Å². The molecular weight excluding hydrogens is 322 g/mol. The quantitative estimate of drug-likeness (QED) is 0.809. The number of nitrogens with zero attached hydrogens (tertiary/aromatic N) is 3. The number of halogens is 1. The number of carbonyl (C=O) groups excluding carboxylic acids is 1.